The third-order valence-electron chi connectivity index (χ3n) is 4.50. The van der Waals surface area contributed by atoms with Crippen LogP contribution in [0, 0.1) is 10.8 Å². The van der Waals surface area contributed by atoms with Crippen molar-refractivity contribution in [2.75, 3.05) is 0 Å². The van der Waals surface area contributed by atoms with Gasteiger partial charge in [-0.05, 0) is 18.3 Å². The highest BCUT2D eigenvalue weighted by atomic mass is 16.6. The molecule has 0 N–H and O–H groups in total. The van der Waals surface area contributed by atoms with E-state index in [0.29, 0.717) is 0 Å². The molecule has 0 aliphatic heterocycles. The Morgan fingerprint density at radius 3 is 1.56 bits per heavy atom. The molecule has 2 nitrogen and oxygen atoms in total. The number of esters is 1. The molecule has 0 amide bonds. The Labute approximate surface area is 101 Å². The van der Waals surface area contributed by atoms with Gasteiger partial charge in [-0.3, -0.25) is 4.79 Å². The molecule has 0 fully saturated rings. The van der Waals surface area contributed by atoms with Crippen LogP contribution in [0.15, 0.2) is 0 Å². The van der Waals surface area contributed by atoms with Gasteiger partial charge in [0.2, 0.25) is 0 Å². The van der Waals surface area contributed by atoms with Crippen LogP contribution in [0.2, 0.25) is 0 Å². The lowest BCUT2D eigenvalue weighted by Gasteiger charge is -2.52. The summed E-state index contributed by atoms with van der Waals surface area (Å²) in [6.07, 6.45) is 1.71. The second kappa shape index (κ2) is 4.77. The molecule has 0 aromatic rings. The number of carbonyl (C=O) groups is 1. The lowest BCUT2D eigenvalue weighted by molar-refractivity contribution is -0.187. The molecular weight excluding hydrogens is 200 g/mol. The van der Waals surface area contributed by atoms with E-state index in [1.54, 1.807) is 0 Å². The molecule has 0 aliphatic carbocycles. The maximum Gasteiger partial charge on any atom is 0.303 e. The van der Waals surface area contributed by atoms with Crippen molar-refractivity contribution in [1.29, 1.82) is 0 Å². The predicted molar refractivity (Wildman–Crippen MR) is 68.3 cm³/mol. The molecule has 0 spiro atoms. The van der Waals surface area contributed by atoms with Crippen molar-refractivity contribution in [2.45, 2.75) is 73.8 Å². The Morgan fingerprint density at radius 1 is 1.00 bits per heavy atom. The molecule has 0 bridgehead atoms. The average molecular weight is 228 g/mol. The second-order valence-corrected chi connectivity index (χ2v) is 6.17. The Balaban J connectivity index is 5.41. The molecule has 96 valence electrons. The van der Waals surface area contributed by atoms with Gasteiger partial charge in [0.05, 0.1) is 0 Å². The van der Waals surface area contributed by atoms with Gasteiger partial charge in [-0.25, -0.2) is 0 Å². The molecule has 0 aromatic heterocycles. The molecule has 0 aliphatic rings. The van der Waals surface area contributed by atoms with Crippen molar-refractivity contribution >= 4 is 5.97 Å². The van der Waals surface area contributed by atoms with E-state index in [1.807, 2.05) is 0 Å². The number of hydrogen-bond donors (Lipinski definition) is 0. The fourth-order valence-electron chi connectivity index (χ4n) is 2.36. The molecule has 0 rings (SSSR count). The zero-order valence-corrected chi connectivity index (χ0v) is 12.2. The Bertz CT molecular complexity index is 242. The monoisotopic (exact) mass is 228 g/mol. The van der Waals surface area contributed by atoms with Crippen molar-refractivity contribution in [3.8, 4) is 0 Å². The summed E-state index contributed by atoms with van der Waals surface area (Å²) in [5.41, 5.74) is -0.333. The SMILES string of the molecule is CCC(CC)(OC(C)=O)C(C)(C)C(C)(C)C. The van der Waals surface area contributed by atoms with Crippen LogP contribution in [0.3, 0.4) is 0 Å². The van der Waals surface area contributed by atoms with E-state index in [1.165, 1.54) is 6.92 Å². The molecule has 0 unspecified atom stereocenters. The quantitative estimate of drug-likeness (QED) is 0.675. The number of ether oxygens (including phenoxy) is 1. The van der Waals surface area contributed by atoms with Crippen molar-refractivity contribution in [2.24, 2.45) is 10.8 Å². The maximum atomic E-state index is 11.3. The second-order valence-electron chi connectivity index (χ2n) is 6.17. The van der Waals surface area contributed by atoms with E-state index in [2.05, 4.69) is 48.5 Å². The lowest BCUT2D eigenvalue weighted by Crippen LogP contribution is -2.53. The van der Waals surface area contributed by atoms with Crippen molar-refractivity contribution in [3.63, 3.8) is 0 Å². The molecule has 16 heavy (non-hydrogen) atoms. The smallest absolute Gasteiger partial charge is 0.303 e. The van der Waals surface area contributed by atoms with E-state index < -0.39 is 0 Å². The van der Waals surface area contributed by atoms with Gasteiger partial charge in [-0.1, -0.05) is 48.5 Å². The van der Waals surface area contributed by atoms with Crippen LogP contribution >= 0.6 is 0 Å². The molecule has 0 radical (unpaired) electrons. The molecule has 0 heterocycles. The fraction of sp³-hybridized carbons (Fsp3) is 0.929. The highest BCUT2D eigenvalue weighted by Gasteiger charge is 2.51. The molecular formula is C14H28O2. The topological polar surface area (TPSA) is 26.3 Å². The maximum absolute atomic E-state index is 11.3. The van der Waals surface area contributed by atoms with Gasteiger partial charge in [0.25, 0.3) is 0 Å². The Morgan fingerprint density at radius 2 is 1.38 bits per heavy atom. The van der Waals surface area contributed by atoms with E-state index in [-0.39, 0.29) is 22.4 Å². The molecule has 0 aromatic carbocycles. The van der Waals surface area contributed by atoms with Gasteiger partial charge in [-0.2, -0.15) is 0 Å². The first kappa shape index (κ1) is 15.5. The number of rotatable bonds is 4. The average Bonchev–Trinajstić information content (AvgIpc) is 2.11. The molecule has 0 saturated carbocycles. The first-order valence-electron chi connectivity index (χ1n) is 6.23. The molecule has 2 heteroatoms. The lowest BCUT2D eigenvalue weighted by atomic mass is 9.58. The summed E-state index contributed by atoms with van der Waals surface area (Å²) in [7, 11) is 0. The largest absolute Gasteiger partial charge is 0.459 e. The van der Waals surface area contributed by atoms with Crippen LogP contribution in [-0.2, 0) is 9.53 Å². The van der Waals surface area contributed by atoms with E-state index >= 15 is 0 Å². The van der Waals surface area contributed by atoms with E-state index in [0.717, 1.165) is 12.8 Å². The Hall–Kier alpha value is -0.530. The van der Waals surface area contributed by atoms with Crippen LogP contribution in [0.25, 0.3) is 0 Å². The normalized spacial score (nSPS) is 13.8. The highest BCUT2D eigenvalue weighted by Crippen LogP contribution is 2.51. The summed E-state index contributed by atoms with van der Waals surface area (Å²) >= 11 is 0. The molecule has 0 atom stereocenters. The van der Waals surface area contributed by atoms with Crippen LogP contribution in [0.4, 0.5) is 0 Å². The number of hydrogen-bond acceptors (Lipinski definition) is 2. The van der Waals surface area contributed by atoms with Crippen LogP contribution in [0.1, 0.15) is 68.2 Å². The summed E-state index contributed by atoms with van der Waals surface area (Å²) in [6.45, 7) is 16.7. The highest BCUT2D eigenvalue weighted by molar-refractivity contribution is 5.66. The van der Waals surface area contributed by atoms with Crippen LogP contribution < -0.4 is 0 Å². The summed E-state index contributed by atoms with van der Waals surface area (Å²) in [4.78, 5) is 11.3. The minimum absolute atomic E-state index is 0.0603. The standard InChI is InChI=1S/C14H28O2/c1-9-14(10-2,16-11(3)15)13(7,8)12(4,5)6/h9-10H2,1-8H3. The van der Waals surface area contributed by atoms with Gasteiger partial charge in [0, 0.05) is 12.3 Å². The van der Waals surface area contributed by atoms with Gasteiger partial charge in [0.1, 0.15) is 5.60 Å². The van der Waals surface area contributed by atoms with Gasteiger partial charge in [0.15, 0.2) is 0 Å². The van der Waals surface area contributed by atoms with Crippen molar-refractivity contribution < 1.29 is 9.53 Å². The first-order valence-corrected chi connectivity index (χ1v) is 6.23. The summed E-state index contributed by atoms with van der Waals surface area (Å²) in [5.74, 6) is -0.180. The van der Waals surface area contributed by atoms with Gasteiger partial charge >= 0.3 is 5.97 Å². The van der Waals surface area contributed by atoms with Crippen LogP contribution in [-0.4, -0.2) is 11.6 Å². The van der Waals surface area contributed by atoms with Crippen molar-refractivity contribution in [1.82, 2.24) is 0 Å². The first-order chi connectivity index (χ1) is 7.04. The minimum Gasteiger partial charge on any atom is -0.459 e. The molecule has 0 saturated heterocycles. The number of carbonyl (C=O) groups excluding carboxylic acids is 1. The fourth-order valence-corrected chi connectivity index (χ4v) is 2.36. The summed E-state index contributed by atoms with van der Waals surface area (Å²) < 4.78 is 5.69. The zero-order valence-electron chi connectivity index (χ0n) is 12.2. The Kier molecular flexibility index (Phi) is 4.61. The third kappa shape index (κ3) is 2.58. The summed E-state index contributed by atoms with van der Waals surface area (Å²) in [6, 6.07) is 0. The third-order valence-corrected chi connectivity index (χ3v) is 4.50. The zero-order chi connectivity index (χ0) is 13.2. The van der Waals surface area contributed by atoms with Gasteiger partial charge in [-0.15, -0.1) is 0 Å². The van der Waals surface area contributed by atoms with Crippen LogP contribution in [0.5, 0.6) is 0 Å². The van der Waals surface area contributed by atoms with E-state index in [9.17, 15) is 4.79 Å². The van der Waals surface area contributed by atoms with Gasteiger partial charge < -0.3 is 4.74 Å². The minimum atomic E-state index is -0.364. The predicted octanol–water partition coefficient (Wildman–Crippen LogP) is 4.18. The van der Waals surface area contributed by atoms with Crippen molar-refractivity contribution in [3.05, 3.63) is 0 Å². The van der Waals surface area contributed by atoms with E-state index in [4.69, 9.17) is 4.74 Å². The summed E-state index contributed by atoms with van der Waals surface area (Å²) in [5, 5.41) is 0.